The predicted molar refractivity (Wildman–Crippen MR) is 81.7 cm³/mol. The highest BCUT2D eigenvalue weighted by molar-refractivity contribution is 5.82. The zero-order valence-electron chi connectivity index (χ0n) is 13.1. The highest BCUT2D eigenvalue weighted by atomic mass is 16.5. The summed E-state index contributed by atoms with van der Waals surface area (Å²) >= 11 is 0. The lowest BCUT2D eigenvalue weighted by atomic mass is 9.98. The Balaban J connectivity index is 2.83. The largest absolute Gasteiger partial charge is 0.496 e. The lowest BCUT2D eigenvalue weighted by Gasteiger charge is -2.22. The molecule has 0 fully saturated rings. The van der Waals surface area contributed by atoms with Gasteiger partial charge in [-0.15, -0.1) is 0 Å². The molecule has 3 N–H and O–H groups in total. The first-order valence-electron chi connectivity index (χ1n) is 7.11. The van der Waals surface area contributed by atoms with Gasteiger partial charge < -0.3 is 15.8 Å². The molecule has 0 saturated carbocycles. The fourth-order valence-corrected chi connectivity index (χ4v) is 2.09. The summed E-state index contributed by atoms with van der Waals surface area (Å²) in [6, 6.07) is 5.33. The monoisotopic (exact) mass is 278 g/mol. The van der Waals surface area contributed by atoms with Crippen molar-refractivity contribution >= 4 is 5.91 Å². The molecular weight excluding hydrogens is 252 g/mol. The van der Waals surface area contributed by atoms with Crippen LogP contribution in [0, 0.1) is 12.8 Å². The molecule has 1 amide bonds. The summed E-state index contributed by atoms with van der Waals surface area (Å²) in [5, 5.41) is 2.97. The molecule has 112 valence electrons. The van der Waals surface area contributed by atoms with Crippen molar-refractivity contribution in [3.8, 4) is 5.75 Å². The van der Waals surface area contributed by atoms with Crippen LogP contribution in [0.25, 0.3) is 0 Å². The maximum absolute atomic E-state index is 12.1. The first-order chi connectivity index (χ1) is 9.40. The summed E-state index contributed by atoms with van der Waals surface area (Å²) in [5.41, 5.74) is 8.06. The molecule has 0 aliphatic rings. The number of ether oxygens (including phenoxy) is 1. The van der Waals surface area contributed by atoms with E-state index in [0.29, 0.717) is 0 Å². The average Bonchev–Trinajstić information content (AvgIpc) is 2.45. The second-order valence-corrected chi connectivity index (χ2v) is 5.39. The lowest BCUT2D eigenvalue weighted by molar-refractivity contribution is -0.124. The second kappa shape index (κ2) is 7.29. The molecule has 1 aromatic carbocycles. The Hall–Kier alpha value is -1.55. The zero-order valence-corrected chi connectivity index (χ0v) is 13.1. The van der Waals surface area contributed by atoms with Gasteiger partial charge in [0.05, 0.1) is 19.2 Å². The van der Waals surface area contributed by atoms with Crippen molar-refractivity contribution in [2.45, 2.75) is 46.2 Å². The van der Waals surface area contributed by atoms with Crippen molar-refractivity contribution in [2.75, 3.05) is 7.11 Å². The second-order valence-electron chi connectivity index (χ2n) is 5.39. The Morgan fingerprint density at radius 1 is 1.40 bits per heavy atom. The number of rotatable bonds is 6. The minimum absolute atomic E-state index is 0.115. The van der Waals surface area contributed by atoms with Crippen LogP contribution in [-0.2, 0) is 4.79 Å². The summed E-state index contributed by atoms with van der Waals surface area (Å²) in [7, 11) is 1.63. The molecule has 1 aromatic rings. The maximum atomic E-state index is 12.1. The zero-order chi connectivity index (χ0) is 15.3. The Kier molecular flexibility index (Phi) is 6.02. The summed E-state index contributed by atoms with van der Waals surface area (Å²) in [5.74, 6) is 0.831. The van der Waals surface area contributed by atoms with E-state index >= 15 is 0 Å². The number of carbonyl (C=O) groups is 1. The van der Waals surface area contributed by atoms with Crippen LogP contribution >= 0.6 is 0 Å². The van der Waals surface area contributed by atoms with Crippen LogP contribution < -0.4 is 15.8 Å². The van der Waals surface area contributed by atoms with Crippen molar-refractivity contribution < 1.29 is 9.53 Å². The molecule has 0 aromatic heterocycles. The van der Waals surface area contributed by atoms with Crippen molar-refractivity contribution in [1.82, 2.24) is 5.32 Å². The van der Waals surface area contributed by atoms with Crippen molar-refractivity contribution in [3.05, 3.63) is 29.3 Å². The van der Waals surface area contributed by atoms with Crippen LogP contribution in [0.15, 0.2) is 18.2 Å². The summed E-state index contributed by atoms with van der Waals surface area (Å²) in [6.45, 7) is 7.98. The van der Waals surface area contributed by atoms with Gasteiger partial charge in [-0.1, -0.05) is 38.0 Å². The first kappa shape index (κ1) is 16.5. The minimum Gasteiger partial charge on any atom is -0.496 e. The molecule has 0 saturated heterocycles. The van der Waals surface area contributed by atoms with Gasteiger partial charge >= 0.3 is 0 Å². The van der Waals surface area contributed by atoms with E-state index < -0.39 is 6.04 Å². The molecule has 0 spiro atoms. The summed E-state index contributed by atoms with van der Waals surface area (Å²) < 4.78 is 5.35. The molecule has 0 radical (unpaired) electrons. The van der Waals surface area contributed by atoms with E-state index in [1.807, 2.05) is 45.9 Å². The van der Waals surface area contributed by atoms with Gasteiger partial charge in [-0.3, -0.25) is 4.79 Å². The number of hydrogen-bond donors (Lipinski definition) is 2. The topological polar surface area (TPSA) is 64.4 Å². The summed E-state index contributed by atoms with van der Waals surface area (Å²) in [6.07, 6.45) is 0.886. The smallest absolute Gasteiger partial charge is 0.237 e. The van der Waals surface area contributed by atoms with Crippen molar-refractivity contribution in [2.24, 2.45) is 11.7 Å². The third kappa shape index (κ3) is 3.97. The standard InChI is InChI=1S/C16H26N2O2/c1-6-11(3)15(17)16(19)18-12(4)13-9-10(2)7-8-14(13)20-5/h7-9,11-12,15H,6,17H2,1-5H3,(H,18,19)/t11-,12?,15-/m0/s1. The highest BCUT2D eigenvalue weighted by Gasteiger charge is 2.22. The Morgan fingerprint density at radius 2 is 2.05 bits per heavy atom. The number of benzene rings is 1. The number of nitrogens with two attached hydrogens (primary N) is 1. The number of nitrogens with one attached hydrogen (secondary N) is 1. The minimum atomic E-state index is -0.474. The molecule has 0 aliphatic heterocycles. The molecule has 20 heavy (non-hydrogen) atoms. The lowest BCUT2D eigenvalue weighted by Crippen LogP contribution is -2.45. The van der Waals surface area contributed by atoms with Crippen LogP contribution in [0.1, 0.15) is 44.4 Å². The van der Waals surface area contributed by atoms with Crippen LogP contribution in [-0.4, -0.2) is 19.1 Å². The number of methoxy groups -OCH3 is 1. The summed E-state index contributed by atoms with van der Waals surface area (Å²) in [4.78, 5) is 12.1. The number of amides is 1. The van der Waals surface area contributed by atoms with Gasteiger partial charge in [-0.05, 0) is 25.8 Å². The third-order valence-corrected chi connectivity index (χ3v) is 3.77. The van der Waals surface area contributed by atoms with Gasteiger partial charge in [0.1, 0.15) is 5.75 Å². The molecule has 1 rings (SSSR count). The quantitative estimate of drug-likeness (QED) is 0.840. The molecule has 4 nitrogen and oxygen atoms in total. The van der Waals surface area contributed by atoms with Gasteiger partial charge in [0.2, 0.25) is 5.91 Å². The van der Waals surface area contributed by atoms with E-state index in [1.54, 1.807) is 7.11 Å². The number of carbonyl (C=O) groups excluding carboxylic acids is 1. The molecular formula is C16H26N2O2. The molecule has 1 unspecified atom stereocenters. The Bertz CT molecular complexity index is 460. The van der Waals surface area contributed by atoms with Gasteiger partial charge in [-0.2, -0.15) is 0 Å². The van der Waals surface area contributed by atoms with Crippen LogP contribution in [0.5, 0.6) is 5.75 Å². The van der Waals surface area contributed by atoms with E-state index in [-0.39, 0.29) is 17.9 Å². The van der Waals surface area contributed by atoms with Crippen LogP contribution in [0.4, 0.5) is 0 Å². The molecule has 0 bridgehead atoms. The van der Waals surface area contributed by atoms with E-state index in [2.05, 4.69) is 5.32 Å². The van der Waals surface area contributed by atoms with Gasteiger partial charge in [0.15, 0.2) is 0 Å². The van der Waals surface area contributed by atoms with Gasteiger partial charge in [0, 0.05) is 5.56 Å². The molecule has 4 heteroatoms. The van der Waals surface area contributed by atoms with E-state index in [9.17, 15) is 4.79 Å². The average molecular weight is 278 g/mol. The Labute approximate surface area is 121 Å². The van der Waals surface area contributed by atoms with E-state index in [1.165, 1.54) is 0 Å². The van der Waals surface area contributed by atoms with E-state index in [0.717, 1.165) is 23.3 Å². The Morgan fingerprint density at radius 3 is 2.60 bits per heavy atom. The first-order valence-corrected chi connectivity index (χ1v) is 7.11. The maximum Gasteiger partial charge on any atom is 0.237 e. The van der Waals surface area contributed by atoms with Gasteiger partial charge in [0.25, 0.3) is 0 Å². The van der Waals surface area contributed by atoms with Crippen molar-refractivity contribution in [1.29, 1.82) is 0 Å². The number of aryl methyl sites for hydroxylation is 1. The normalized spacial score (nSPS) is 15.3. The molecule has 0 heterocycles. The molecule has 3 atom stereocenters. The number of hydrogen-bond acceptors (Lipinski definition) is 3. The fourth-order valence-electron chi connectivity index (χ4n) is 2.09. The third-order valence-electron chi connectivity index (χ3n) is 3.77. The fraction of sp³-hybridized carbons (Fsp3) is 0.562. The van der Waals surface area contributed by atoms with E-state index in [4.69, 9.17) is 10.5 Å². The molecule has 0 aliphatic carbocycles. The van der Waals surface area contributed by atoms with Crippen LogP contribution in [0.2, 0.25) is 0 Å². The SMILES string of the molecule is CC[C@H](C)[C@H](N)C(=O)NC(C)c1cc(C)ccc1OC. The predicted octanol–water partition coefficient (Wildman–Crippen LogP) is 2.55. The highest BCUT2D eigenvalue weighted by Crippen LogP contribution is 2.26. The van der Waals surface area contributed by atoms with Gasteiger partial charge in [-0.25, -0.2) is 0 Å². The van der Waals surface area contributed by atoms with Crippen molar-refractivity contribution in [3.63, 3.8) is 0 Å². The van der Waals surface area contributed by atoms with Crippen LogP contribution in [0.3, 0.4) is 0 Å².